The van der Waals surface area contributed by atoms with E-state index in [-0.39, 0.29) is 5.82 Å². The molecule has 0 amide bonds. The van der Waals surface area contributed by atoms with Gasteiger partial charge in [-0.2, -0.15) is 0 Å². The summed E-state index contributed by atoms with van der Waals surface area (Å²) in [5, 5.41) is 11.0. The van der Waals surface area contributed by atoms with E-state index in [0.717, 1.165) is 36.4 Å². The van der Waals surface area contributed by atoms with Crippen molar-refractivity contribution >= 4 is 13.6 Å². The van der Waals surface area contributed by atoms with Crippen LogP contribution in [0.1, 0.15) is 42.3 Å². The number of imidazole rings is 1. The van der Waals surface area contributed by atoms with Crippen LogP contribution in [0.25, 0.3) is 5.57 Å². The summed E-state index contributed by atoms with van der Waals surface area (Å²) in [6.45, 7) is 8.01. The van der Waals surface area contributed by atoms with Gasteiger partial charge in [0.25, 0.3) is 0 Å². The SMILES string of the molecule is C[Si](C)(C)CCOCn1ccnc1C(O)c1ccc(F)cc1C1=CCCC1. The van der Waals surface area contributed by atoms with Crippen LogP contribution in [0.2, 0.25) is 25.7 Å². The molecule has 0 bridgehead atoms. The maximum atomic E-state index is 13.8. The van der Waals surface area contributed by atoms with Gasteiger partial charge in [0, 0.05) is 27.1 Å². The molecule has 0 saturated heterocycles. The largest absolute Gasteiger partial charge is 0.380 e. The highest BCUT2D eigenvalue weighted by Crippen LogP contribution is 2.34. The molecular formula is C21H29FN2O2Si. The summed E-state index contributed by atoms with van der Waals surface area (Å²) in [7, 11) is -1.14. The van der Waals surface area contributed by atoms with E-state index in [1.165, 1.54) is 12.1 Å². The molecule has 0 spiro atoms. The highest BCUT2D eigenvalue weighted by atomic mass is 28.3. The molecule has 1 unspecified atom stereocenters. The number of hydrogen-bond acceptors (Lipinski definition) is 3. The first-order valence-corrected chi connectivity index (χ1v) is 13.3. The molecule has 0 saturated carbocycles. The maximum absolute atomic E-state index is 13.8. The van der Waals surface area contributed by atoms with Gasteiger partial charge in [-0.15, -0.1) is 0 Å². The number of hydrogen-bond donors (Lipinski definition) is 1. The molecule has 27 heavy (non-hydrogen) atoms. The zero-order valence-electron chi connectivity index (χ0n) is 16.4. The molecule has 0 radical (unpaired) electrons. The molecule has 1 aromatic heterocycles. The molecule has 0 aliphatic heterocycles. The van der Waals surface area contributed by atoms with Crippen LogP contribution < -0.4 is 0 Å². The lowest BCUT2D eigenvalue weighted by Gasteiger charge is -2.19. The highest BCUT2D eigenvalue weighted by molar-refractivity contribution is 6.76. The van der Waals surface area contributed by atoms with Crippen LogP contribution in [0.3, 0.4) is 0 Å². The average molecular weight is 389 g/mol. The number of aliphatic hydroxyl groups is 1. The van der Waals surface area contributed by atoms with Gasteiger partial charge in [0.05, 0.1) is 0 Å². The molecule has 2 aromatic rings. The fourth-order valence-corrected chi connectivity index (χ4v) is 4.08. The van der Waals surface area contributed by atoms with Crippen LogP contribution in [0.4, 0.5) is 4.39 Å². The Labute approximate surface area is 161 Å². The smallest absolute Gasteiger partial charge is 0.144 e. The molecular weight excluding hydrogens is 359 g/mol. The summed E-state index contributed by atoms with van der Waals surface area (Å²) in [6.07, 6.45) is 7.68. The predicted molar refractivity (Wildman–Crippen MR) is 109 cm³/mol. The van der Waals surface area contributed by atoms with E-state index in [4.69, 9.17) is 4.74 Å². The van der Waals surface area contributed by atoms with Gasteiger partial charge >= 0.3 is 0 Å². The molecule has 1 aliphatic rings. The standard InChI is InChI=1S/C21H29FN2O2Si/c1-27(2,3)13-12-26-15-24-11-10-23-21(24)20(25)18-9-8-17(22)14-19(18)16-6-4-5-7-16/h6,8-11,14,20,25H,4-5,7,12-13,15H2,1-3H3. The monoisotopic (exact) mass is 388 g/mol. The Bertz CT molecular complexity index is 811. The van der Waals surface area contributed by atoms with Crippen LogP contribution in [0.5, 0.6) is 0 Å². The van der Waals surface area contributed by atoms with Gasteiger partial charge in [0.15, 0.2) is 0 Å². The lowest BCUT2D eigenvalue weighted by molar-refractivity contribution is 0.0786. The van der Waals surface area contributed by atoms with E-state index < -0.39 is 14.2 Å². The number of nitrogens with zero attached hydrogens (tertiary/aromatic N) is 2. The summed E-state index contributed by atoms with van der Waals surface area (Å²) in [5.74, 6) is 0.237. The molecule has 1 heterocycles. The van der Waals surface area contributed by atoms with E-state index in [1.807, 2.05) is 10.8 Å². The van der Waals surface area contributed by atoms with Gasteiger partial charge in [-0.25, -0.2) is 9.37 Å². The number of halogens is 1. The Balaban J connectivity index is 1.77. The van der Waals surface area contributed by atoms with Crippen molar-refractivity contribution in [1.82, 2.24) is 9.55 Å². The Morgan fingerprint density at radius 1 is 1.33 bits per heavy atom. The Hall–Kier alpha value is -1.76. The minimum absolute atomic E-state index is 0.285. The predicted octanol–water partition coefficient (Wildman–Crippen LogP) is 4.98. The van der Waals surface area contributed by atoms with Crippen LogP contribution in [0.15, 0.2) is 36.7 Å². The third-order valence-electron chi connectivity index (χ3n) is 4.92. The summed E-state index contributed by atoms with van der Waals surface area (Å²) in [5.41, 5.74) is 2.58. The molecule has 4 nitrogen and oxygen atoms in total. The summed E-state index contributed by atoms with van der Waals surface area (Å²) < 4.78 is 21.5. The van der Waals surface area contributed by atoms with Crippen molar-refractivity contribution in [2.24, 2.45) is 0 Å². The molecule has 1 aliphatic carbocycles. The zero-order valence-corrected chi connectivity index (χ0v) is 17.4. The molecule has 1 aromatic carbocycles. The lowest BCUT2D eigenvalue weighted by atomic mass is 9.95. The van der Waals surface area contributed by atoms with Gasteiger partial charge < -0.3 is 14.4 Å². The van der Waals surface area contributed by atoms with Crippen molar-refractivity contribution in [1.29, 1.82) is 0 Å². The van der Waals surface area contributed by atoms with E-state index in [0.29, 0.717) is 24.7 Å². The summed E-state index contributed by atoms with van der Waals surface area (Å²) in [4.78, 5) is 4.34. The third-order valence-corrected chi connectivity index (χ3v) is 6.62. The highest BCUT2D eigenvalue weighted by Gasteiger charge is 2.22. The molecule has 146 valence electrons. The van der Waals surface area contributed by atoms with Crippen molar-refractivity contribution < 1.29 is 14.2 Å². The Morgan fingerprint density at radius 3 is 2.85 bits per heavy atom. The summed E-state index contributed by atoms with van der Waals surface area (Å²) in [6, 6.07) is 5.68. The topological polar surface area (TPSA) is 47.3 Å². The lowest BCUT2D eigenvalue weighted by Crippen LogP contribution is -2.22. The van der Waals surface area contributed by atoms with Crippen LogP contribution in [0, 0.1) is 5.82 Å². The molecule has 6 heteroatoms. The minimum Gasteiger partial charge on any atom is -0.380 e. The van der Waals surface area contributed by atoms with Crippen LogP contribution in [-0.4, -0.2) is 29.3 Å². The Kier molecular flexibility index (Phi) is 6.29. The van der Waals surface area contributed by atoms with Crippen molar-refractivity contribution in [2.75, 3.05) is 6.61 Å². The number of allylic oxidation sites excluding steroid dienone is 2. The van der Waals surface area contributed by atoms with Crippen molar-refractivity contribution in [3.05, 3.63) is 59.4 Å². The second-order valence-corrected chi connectivity index (χ2v) is 14.0. The third kappa shape index (κ3) is 5.15. The van der Waals surface area contributed by atoms with Gasteiger partial charge in [-0.05, 0) is 54.1 Å². The van der Waals surface area contributed by atoms with Gasteiger partial charge in [0.1, 0.15) is 24.5 Å². The quantitative estimate of drug-likeness (QED) is 0.512. The van der Waals surface area contributed by atoms with Crippen LogP contribution in [-0.2, 0) is 11.5 Å². The molecule has 1 atom stereocenters. The summed E-state index contributed by atoms with van der Waals surface area (Å²) >= 11 is 0. The first-order valence-electron chi connectivity index (χ1n) is 9.61. The first kappa shape index (κ1) is 20.0. The maximum Gasteiger partial charge on any atom is 0.144 e. The number of benzene rings is 1. The van der Waals surface area contributed by atoms with Crippen LogP contribution >= 0.6 is 0 Å². The Morgan fingerprint density at radius 2 is 2.15 bits per heavy atom. The second kappa shape index (κ2) is 8.50. The fourth-order valence-electron chi connectivity index (χ4n) is 3.32. The average Bonchev–Trinajstić information content (AvgIpc) is 3.29. The molecule has 3 rings (SSSR count). The molecule has 1 N–H and O–H groups in total. The fraction of sp³-hybridized carbons (Fsp3) is 0.476. The van der Waals surface area contributed by atoms with Crippen molar-refractivity contribution in [3.8, 4) is 0 Å². The zero-order chi connectivity index (χ0) is 19.4. The first-order chi connectivity index (χ1) is 12.8. The number of aliphatic hydroxyl groups excluding tert-OH is 1. The number of aromatic nitrogens is 2. The van der Waals surface area contributed by atoms with E-state index in [2.05, 4.69) is 30.7 Å². The van der Waals surface area contributed by atoms with E-state index in [9.17, 15) is 9.50 Å². The molecule has 0 fully saturated rings. The number of ether oxygens (including phenoxy) is 1. The van der Waals surface area contributed by atoms with Gasteiger partial charge in [-0.3, -0.25) is 0 Å². The van der Waals surface area contributed by atoms with Gasteiger partial charge in [0.2, 0.25) is 0 Å². The number of rotatable bonds is 8. The second-order valence-electron chi connectivity index (χ2n) is 8.36. The van der Waals surface area contributed by atoms with E-state index in [1.54, 1.807) is 12.3 Å². The normalized spacial score (nSPS) is 15.8. The van der Waals surface area contributed by atoms with Crippen molar-refractivity contribution in [2.45, 2.75) is 57.8 Å². The van der Waals surface area contributed by atoms with Crippen molar-refractivity contribution in [3.63, 3.8) is 0 Å². The minimum atomic E-state index is -1.14. The van der Waals surface area contributed by atoms with E-state index >= 15 is 0 Å². The van der Waals surface area contributed by atoms with Gasteiger partial charge in [-0.1, -0.05) is 31.8 Å².